The zero-order valence-corrected chi connectivity index (χ0v) is 17.0. The lowest BCUT2D eigenvalue weighted by molar-refractivity contribution is 0.354. The maximum Gasteiger partial charge on any atom is 0.229 e. The molecule has 0 radical (unpaired) electrons. The third kappa shape index (κ3) is 4.71. The minimum Gasteiger partial charge on any atom is -0.493 e. The van der Waals surface area contributed by atoms with Crippen LogP contribution in [0.5, 0.6) is 11.5 Å². The van der Waals surface area contributed by atoms with Gasteiger partial charge in [-0.2, -0.15) is 4.98 Å². The van der Waals surface area contributed by atoms with E-state index in [0.717, 1.165) is 22.8 Å². The number of benzene rings is 2. The van der Waals surface area contributed by atoms with E-state index >= 15 is 0 Å². The summed E-state index contributed by atoms with van der Waals surface area (Å²) in [5, 5.41) is 6.64. The molecule has 28 heavy (non-hydrogen) atoms. The fourth-order valence-electron chi connectivity index (χ4n) is 2.85. The van der Waals surface area contributed by atoms with Gasteiger partial charge in [-0.25, -0.2) is 4.98 Å². The molecular formula is C22H26N4O2. The van der Waals surface area contributed by atoms with E-state index in [1.807, 2.05) is 37.3 Å². The lowest BCUT2D eigenvalue weighted by Gasteiger charge is -2.12. The first kappa shape index (κ1) is 19.5. The van der Waals surface area contributed by atoms with Gasteiger partial charge in [-0.3, -0.25) is 0 Å². The molecule has 6 heteroatoms. The predicted molar refractivity (Wildman–Crippen MR) is 113 cm³/mol. The van der Waals surface area contributed by atoms with E-state index in [4.69, 9.17) is 9.47 Å². The van der Waals surface area contributed by atoms with Crippen LogP contribution in [0.15, 0.2) is 42.5 Å². The Morgan fingerprint density at radius 2 is 1.61 bits per heavy atom. The maximum atomic E-state index is 5.36. The van der Waals surface area contributed by atoms with Crippen molar-refractivity contribution in [1.29, 1.82) is 0 Å². The molecule has 3 aromatic rings. The van der Waals surface area contributed by atoms with Gasteiger partial charge in [0.2, 0.25) is 5.95 Å². The van der Waals surface area contributed by atoms with Gasteiger partial charge >= 0.3 is 0 Å². The van der Waals surface area contributed by atoms with E-state index in [1.54, 1.807) is 14.2 Å². The molecule has 0 bridgehead atoms. The first-order chi connectivity index (χ1) is 13.5. The van der Waals surface area contributed by atoms with E-state index in [2.05, 4.69) is 46.6 Å². The van der Waals surface area contributed by atoms with E-state index in [0.29, 0.717) is 24.0 Å². The van der Waals surface area contributed by atoms with Gasteiger partial charge < -0.3 is 20.1 Å². The van der Waals surface area contributed by atoms with E-state index in [1.165, 1.54) is 11.1 Å². The smallest absolute Gasteiger partial charge is 0.229 e. The highest BCUT2D eigenvalue weighted by atomic mass is 16.5. The average Bonchev–Trinajstić information content (AvgIpc) is 2.68. The van der Waals surface area contributed by atoms with Crippen LogP contribution >= 0.6 is 0 Å². The Morgan fingerprint density at radius 1 is 0.821 bits per heavy atom. The standard InChI is InChI=1S/C22H26N4O2/c1-14-6-8-18(10-15(14)2)25-22-24-16(3)11-21(26-22)23-13-17-7-9-19(27-4)20(12-17)28-5/h6-12H,13H2,1-5H3,(H2,23,24,25,26). The minimum absolute atomic E-state index is 0.568. The second-order valence-corrected chi connectivity index (χ2v) is 6.69. The third-order valence-corrected chi connectivity index (χ3v) is 4.54. The predicted octanol–water partition coefficient (Wildman–Crippen LogP) is 4.77. The molecular weight excluding hydrogens is 352 g/mol. The van der Waals surface area contributed by atoms with Crippen molar-refractivity contribution in [1.82, 2.24) is 9.97 Å². The summed E-state index contributed by atoms with van der Waals surface area (Å²) in [5.41, 5.74) is 5.41. The second-order valence-electron chi connectivity index (χ2n) is 6.69. The maximum absolute atomic E-state index is 5.36. The zero-order valence-electron chi connectivity index (χ0n) is 17.0. The molecule has 2 N–H and O–H groups in total. The molecule has 6 nitrogen and oxygen atoms in total. The SMILES string of the molecule is COc1ccc(CNc2cc(C)nc(Nc3ccc(C)c(C)c3)n2)cc1OC. The second kappa shape index (κ2) is 8.61. The Labute approximate surface area is 166 Å². The molecule has 0 saturated heterocycles. The minimum atomic E-state index is 0.568. The summed E-state index contributed by atoms with van der Waals surface area (Å²) in [4.78, 5) is 9.07. The molecule has 0 saturated carbocycles. The Kier molecular flexibility index (Phi) is 5.99. The van der Waals surface area contributed by atoms with Crippen molar-refractivity contribution < 1.29 is 9.47 Å². The number of aryl methyl sites for hydroxylation is 3. The largest absolute Gasteiger partial charge is 0.493 e. The van der Waals surface area contributed by atoms with Gasteiger partial charge in [0.1, 0.15) is 5.82 Å². The monoisotopic (exact) mass is 378 g/mol. The highest BCUT2D eigenvalue weighted by Gasteiger charge is 2.07. The van der Waals surface area contributed by atoms with Gasteiger partial charge in [0.25, 0.3) is 0 Å². The molecule has 0 aliphatic heterocycles. The number of methoxy groups -OCH3 is 2. The molecule has 0 atom stereocenters. The highest BCUT2D eigenvalue weighted by Crippen LogP contribution is 2.28. The van der Waals surface area contributed by atoms with Crippen LogP contribution < -0.4 is 20.1 Å². The number of aromatic nitrogens is 2. The van der Waals surface area contributed by atoms with E-state index in [-0.39, 0.29) is 0 Å². The summed E-state index contributed by atoms with van der Waals surface area (Å²) in [6, 6.07) is 14.0. The van der Waals surface area contributed by atoms with Gasteiger partial charge in [-0.15, -0.1) is 0 Å². The summed E-state index contributed by atoms with van der Waals surface area (Å²) < 4.78 is 10.6. The van der Waals surface area contributed by atoms with Crippen LogP contribution in [0.4, 0.5) is 17.5 Å². The van der Waals surface area contributed by atoms with Crippen molar-refractivity contribution in [2.24, 2.45) is 0 Å². The Balaban J connectivity index is 1.73. The number of hydrogen-bond acceptors (Lipinski definition) is 6. The van der Waals surface area contributed by atoms with Crippen molar-refractivity contribution in [3.05, 3.63) is 64.8 Å². The van der Waals surface area contributed by atoms with Crippen molar-refractivity contribution in [2.45, 2.75) is 27.3 Å². The fraction of sp³-hybridized carbons (Fsp3) is 0.273. The number of nitrogens with one attached hydrogen (secondary N) is 2. The lowest BCUT2D eigenvalue weighted by Crippen LogP contribution is -2.06. The number of rotatable bonds is 7. The lowest BCUT2D eigenvalue weighted by atomic mass is 10.1. The molecule has 0 unspecified atom stereocenters. The van der Waals surface area contributed by atoms with Crippen LogP contribution in [-0.2, 0) is 6.54 Å². The molecule has 0 aliphatic rings. The fourth-order valence-corrected chi connectivity index (χ4v) is 2.85. The molecule has 0 aliphatic carbocycles. The Bertz CT molecular complexity index is 973. The first-order valence-electron chi connectivity index (χ1n) is 9.13. The molecule has 2 aromatic carbocycles. The number of anilines is 3. The van der Waals surface area contributed by atoms with Gasteiger partial charge in [-0.05, 0) is 61.7 Å². The summed E-state index contributed by atoms with van der Waals surface area (Å²) in [6.07, 6.45) is 0. The molecule has 0 amide bonds. The summed E-state index contributed by atoms with van der Waals surface area (Å²) in [7, 11) is 3.26. The third-order valence-electron chi connectivity index (χ3n) is 4.54. The molecule has 146 valence electrons. The van der Waals surface area contributed by atoms with Crippen molar-refractivity contribution in [3.8, 4) is 11.5 Å². The number of nitrogens with zero attached hydrogens (tertiary/aromatic N) is 2. The summed E-state index contributed by atoms with van der Waals surface area (Å²) >= 11 is 0. The van der Waals surface area contributed by atoms with E-state index < -0.39 is 0 Å². The normalized spacial score (nSPS) is 10.5. The van der Waals surface area contributed by atoms with Crippen molar-refractivity contribution in [2.75, 3.05) is 24.9 Å². The molecule has 0 fully saturated rings. The topological polar surface area (TPSA) is 68.3 Å². The van der Waals surface area contributed by atoms with Crippen LogP contribution in [0.3, 0.4) is 0 Å². The summed E-state index contributed by atoms with van der Waals surface area (Å²) in [5.74, 6) is 2.74. The summed E-state index contributed by atoms with van der Waals surface area (Å²) in [6.45, 7) is 6.75. The molecule has 1 aromatic heterocycles. The first-order valence-corrected chi connectivity index (χ1v) is 9.13. The molecule has 0 spiro atoms. The quantitative estimate of drug-likeness (QED) is 0.617. The Morgan fingerprint density at radius 3 is 2.32 bits per heavy atom. The van der Waals surface area contributed by atoms with Gasteiger partial charge in [0.05, 0.1) is 14.2 Å². The van der Waals surface area contributed by atoms with Gasteiger partial charge in [0.15, 0.2) is 11.5 Å². The average molecular weight is 378 g/mol. The van der Waals surface area contributed by atoms with E-state index in [9.17, 15) is 0 Å². The number of hydrogen-bond donors (Lipinski definition) is 2. The van der Waals surface area contributed by atoms with Crippen LogP contribution in [0.1, 0.15) is 22.4 Å². The van der Waals surface area contributed by atoms with Crippen LogP contribution in [0, 0.1) is 20.8 Å². The number of ether oxygens (including phenoxy) is 2. The highest BCUT2D eigenvalue weighted by molar-refractivity contribution is 5.57. The van der Waals surface area contributed by atoms with Crippen molar-refractivity contribution >= 4 is 17.5 Å². The van der Waals surface area contributed by atoms with Crippen LogP contribution in [0.2, 0.25) is 0 Å². The zero-order chi connectivity index (χ0) is 20.1. The van der Waals surface area contributed by atoms with Crippen LogP contribution in [0.25, 0.3) is 0 Å². The van der Waals surface area contributed by atoms with Gasteiger partial charge in [0, 0.05) is 24.0 Å². The van der Waals surface area contributed by atoms with Gasteiger partial charge in [-0.1, -0.05) is 12.1 Å². The Hall–Kier alpha value is -3.28. The molecule has 3 rings (SSSR count). The van der Waals surface area contributed by atoms with Crippen LogP contribution in [-0.4, -0.2) is 24.2 Å². The van der Waals surface area contributed by atoms with Crippen molar-refractivity contribution in [3.63, 3.8) is 0 Å². The molecule has 1 heterocycles.